The number of amides is 2. The van der Waals surface area contributed by atoms with Gasteiger partial charge in [0, 0.05) is 18.2 Å². The van der Waals surface area contributed by atoms with Gasteiger partial charge in [0.2, 0.25) is 0 Å². The summed E-state index contributed by atoms with van der Waals surface area (Å²) in [6.45, 7) is 1.18. The average molecular weight is 253 g/mol. The van der Waals surface area contributed by atoms with Crippen molar-refractivity contribution in [2.75, 3.05) is 20.1 Å². The molecule has 1 heterocycles. The topological polar surface area (TPSA) is 49.9 Å². The van der Waals surface area contributed by atoms with Crippen LogP contribution in [0.2, 0.25) is 0 Å². The lowest BCUT2D eigenvalue weighted by Crippen LogP contribution is -2.44. The van der Waals surface area contributed by atoms with Gasteiger partial charge in [-0.2, -0.15) is 0 Å². The lowest BCUT2D eigenvalue weighted by atomic mass is 10.3. The first-order valence-electron chi connectivity index (χ1n) is 5.41. The van der Waals surface area contributed by atoms with Crippen LogP contribution in [0.3, 0.4) is 0 Å². The van der Waals surface area contributed by atoms with Gasteiger partial charge in [0.25, 0.3) is 0 Å². The number of carbonyl (C=O) groups is 1. The summed E-state index contributed by atoms with van der Waals surface area (Å²) in [7, 11) is -0.454. The summed E-state index contributed by atoms with van der Waals surface area (Å²) >= 11 is 0. The molecule has 0 aromatic heterocycles. The first-order chi connectivity index (χ1) is 8.18. The van der Waals surface area contributed by atoms with E-state index in [9.17, 15) is 9.36 Å². The van der Waals surface area contributed by atoms with E-state index in [-0.39, 0.29) is 6.03 Å². The summed E-state index contributed by atoms with van der Waals surface area (Å²) in [5.74, 6) is 0.509. The van der Waals surface area contributed by atoms with Gasteiger partial charge in [-0.1, -0.05) is 22.9 Å². The summed E-state index contributed by atoms with van der Waals surface area (Å²) in [4.78, 5) is 13.3. The highest BCUT2D eigenvalue weighted by molar-refractivity contribution is 7.37. The van der Waals surface area contributed by atoms with Crippen LogP contribution in [0.5, 0.6) is 5.75 Å². The monoisotopic (exact) mass is 253 g/mol. The third-order valence-electron chi connectivity index (χ3n) is 2.53. The SMILES string of the molecule is CN1CCCN([P+](=O)Oc2ccccc2)C1=O. The Morgan fingerprint density at radius 2 is 1.94 bits per heavy atom. The summed E-state index contributed by atoms with van der Waals surface area (Å²) in [6.07, 6.45) is 0.807. The van der Waals surface area contributed by atoms with Crippen LogP contribution in [0, 0.1) is 0 Å². The smallest absolute Gasteiger partial charge is 0.325 e. The quantitative estimate of drug-likeness (QED) is 0.777. The molecule has 1 atom stereocenters. The van der Waals surface area contributed by atoms with Gasteiger partial charge >= 0.3 is 14.2 Å². The van der Waals surface area contributed by atoms with Gasteiger partial charge in [0.15, 0.2) is 5.75 Å². The first-order valence-corrected chi connectivity index (χ1v) is 6.54. The molecule has 2 amide bonds. The van der Waals surface area contributed by atoms with E-state index in [0.717, 1.165) is 6.42 Å². The molecule has 1 aromatic carbocycles. The fraction of sp³-hybridized carbons (Fsp3) is 0.364. The van der Waals surface area contributed by atoms with Crippen molar-refractivity contribution in [3.05, 3.63) is 30.3 Å². The molecule has 17 heavy (non-hydrogen) atoms. The molecule has 90 valence electrons. The van der Waals surface area contributed by atoms with Crippen molar-refractivity contribution in [1.29, 1.82) is 0 Å². The van der Waals surface area contributed by atoms with Crippen LogP contribution < -0.4 is 4.52 Å². The van der Waals surface area contributed by atoms with Crippen LogP contribution in [-0.4, -0.2) is 35.7 Å². The second-order valence-electron chi connectivity index (χ2n) is 3.82. The van der Waals surface area contributed by atoms with Gasteiger partial charge in [-0.3, -0.25) is 0 Å². The number of nitrogens with zero attached hydrogens (tertiary/aromatic N) is 2. The van der Waals surface area contributed by atoms with E-state index >= 15 is 0 Å². The molecule has 0 radical (unpaired) electrons. The summed E-state index contributed by atoms with van der Waals surface area (Å²) in [5, 5.41) is 0. The standard InChI is InChI=1S/C11H14N2O3P/c1-12-8-5-9-13(11(12)14)17(15)16-10-6-3-2-4-7-10/h2-4,6-7H,5,8-9H2,1H3/q+1. The van der Waals surface area contributed by atoms with E-state index < -0.39 is 8.18 Å². The molecule has 1 aliphatic rings. The van der Waals surface area contributed by atoms with Crippen LogP contribution in [0.15, 0.2) is 30.3 Å². The Hall–Kier alpha value is -1.61. The van der Waals surface area contributed by atoms with E-state index in [2.05, 4.69) is 0 Å². The summed E-state index contributed by atoms with van der Waals surface area (Å²) in [6, 6.07) is 8.62. The Labute approximate surface area is 101 Å². The molecule has 0 N–H and O–H groups in total. The van der Waals surface area contributed by atoms with Gasteiger partial charge < -0.3 is 4.90 Å². The number of urea groups is 1. The molecule has 6 heteroatoms. The van der Waals surface area contributed by atoms with Crippen LogP contribution in [0.4, 0.5) is 4.79 Å². The Balaban J connectivity index is 2.03. The predicted molar refractivity (Wildman–Crippen MR) is 64.0 cm³/mol. The van der Waals surface area contributed by atoms with E-state index in [4.69, 9.17) is 4.52 Å². The van der Waals surface area contributed by atoms with E-state index in [1.165, 1.54) is 4.67 Å². The highest BCUT2D eigenvalue weighted by Gasteiger charge is 2.40. The number of hydrogen-bond acceptors (Lipinski definition) is 3. The molecule has 0 saturated carbocycles. The van der Waals surface area contributed by atoms with Crippen molar-refractivity contribution in [1.82, 2.24) is 9.57 Å². The molecule has 1 unspecified atom stereocenters. The van der Waals surface area contributed by atoms with E-state index in [0.29, 0.717) is 18.8 Å². The highest BCUT2D eigenvalue weighted by Crippen LogP contribution is 2.33. The lowest BCUT2D eigenvalue weighted by Gasteiger charge is -2.24. The van der Waals surface area contributed by atoms with Gasteiger partial charge in [-0.25, -0.2) is 9.32 Å². The maximum Gasteiger partial charge on any atom is 0.701 e. The normalized spacial score (nSPS) is 17.0. The maximum atomic E-state index is 11.9. The first kappa shape index (κ1) is 11.9. The number of para-hydroxylation sites is 1. The minimum absolute atomic E-state index is 0.242. The predicted octanol–water partition coefficient (Wildman–Crippen LogP) is 2.48. The third-order valence-corrected chi connectivity index (χ3v) is 3.67. The summed E-state index contributed by atoms with van der Waals surface area (Å²) in [5.41, 5.74) is 0. The number of carbonyl (C=O) groups excluding carboxylic acids is 1. The zero-order chi connectivity index (χ0) is 12.3. The molecule has 0 aliphatic carbocycles. The molecule has 5 nitrogen and oxygen atoms in total. The fourth-order valence-corrected chi connectivity index (χ4v) is 2.62. The molecule has 1 aromatic rings. The molecule has 0 spiro atoms. The Kier molecular flexibility index (Phi) is 3.59. The number of hydrogen-bond donors (Lipinski definition) is 0. The van der Waals surface area contributed by atoms with Crippen molar-refractivity contribution in [3.8, 4) is 5.75 Å². The van der Waals surface area contributed by atoms with Gasteiger partial charge in [-0.15, -0.1) is 0 Å². The Morgan fingerprint density at radius 3 is 2.65 bits per heavy atom. The fourth-order valence-electron chi connectivity index (χ4n) is 1.62. The van der Waals surface area contributed by atoms with Crippen LogP contribution >= 0.6 is 8.18 Å². The van der Waals surface area contributed by atoms with Crippen LogP contribution in [0.25, 0.3) is 0 Å². The van der Waals surface area contributed by atoms with Crippen LogP contribution in [-0.2, 0) is 4.57 Å². The second kappa shape index (κ2) is 5.15. The van der Waals surface area contributed by atoms with Gasteiger partial charge in [0.05, 0.1) is 6.54 Å². The average Bonchev–Trinajstić information content (AvgIpc) is 2.34. The highest BCUT2D eigenvalue weighted by atomic mass is 31.1. The molecule has 1 aliphatic heterocycles. The molecule has 1 saturated heterocycles. The maximum absolute atomic E-state index is 11.9. The molecule has 0 bridgehead atoms. The molecular weight excluding hydrogens is 239 g/mol. The molecular formula is C11H14N2O3P+. The largest absolute Gasteiger partial charge is 0.701 e. The van der Waals surface area contributed by atoms with E-state index in [1.54, 1.807) is 36.2 Å². The van der Waals surface area contributed by atoms with Crippen LogP contribution in [0.1, 0.15) is 6.42 Å². The van der Waals surface area contributed by atoms with Crippen molar-refractivity contribution >= 4 is 14.2 Å². The Bertz CT molecular complexity index is 424. The van der Waals surface area contributed by atoms with Gasteiger partial charge in [0.1, 0.15) is 0 Å². The number of benzene rings is 1. The third kappa shape index (κ3) is 2.74. The lowest BCUT2D eigenvalue weighted by molar-refractivity contribution is 0.169. The number of rotatable bonds is 3. The van der Waals surface area contributed by atoms with Gasteiger partial charge in [-0.05, 0) is 18.6 Å². The minimum Gasteiger partial charge on any atom is -0.325 e. The minimum atomic E-state index is -2.15. The van der Waals surface area contributed by atoms with Crippen molar-refractivity contribution < 1.29 is 13.9 Å². The zero-order valence-electron chi connectivity index (χ0n) is 9.57. The summed E-state index contributed by atoms with van der Waals surface area (Å²) < 4.78 is 18.5. The zero-order valence-corrected chi connectivity index (χ0v) is 10.5. The van der Waals surface area contributed by atoms with Crippen molar-refractivity contribution in [2.45, 2.75) is 6.42 Å². The van der Waals surface area contributed by atoms with Crippen molar-refractivity contribution in [3.63, 3.8) is 0 Å². The molecule has 2 rings (SSSR count). The molecule has 1 fully saturated rings. The Morgan fingerprint density at radius 1 is 1.24 bits per heavy atom. The van der Waals surface area contributed by atoms with Crippen molar-refractivity contribution in [2.24, 2.45) is 0 Å². The second-order valence-corrected chi connectivity index (χ2v) is 4.96. The van der Waals surface area contributed by atoms with E-state index in [1.807, 2.05) is 6.07 Å².